The molecule has 358 valence electrons. The van der Waals surface area contributed by atoms with Crippen molar-refractivity contribution in [3.8, 4) is 33.8 Å². The first-order chi connectivity index (χ1) is 35.5. The van der Waals surface area contributed by atoms with Crippen LogP contribution in [0, 0.1) is 5.92 Å². The van der Waals surface area contributed by atoms with Crippen LogP contribution in [-0.4, -0.2) is 5.25 Å². The standard InChI is InChI=1S/C70H61NOS/c1-67(2,3)45-32-38-63-60(40-45)70(61-41-46(68(4,5)6)33-39-64(61)72-63)55-26-14-11-24-51(55)53-37-35-48(43-59(53)70)71(62-29-17-12-22-49(62)44-20-8-7-9-21-44)47-34-36-52-50-23-10-13-25-54(50)69(58(52)42-47)56-27-15-18-30-65(56)73-66-31-19-16-28-57(66)69/h7-8,10-18,20,22-30,32-43,57,66H,9,19,21,31H2,1-6H3. The van der Waals surface area contributed by atoms with Gasteiger partial charge in [-0.25, -0.2) is 0 Å². The molecule has 8 aromatic carbocycles. The van der Waals surface area contributed by atoms with E-state index in [9.17, 15) is 0 Å². The molecular formula is C70H61NOS. The summed E-state index contributed by atoms with van der Waals surface area (Å²) in [5.41, 5.74) is 22.1. The second-order valence-corrected chi connectivity index (χ2v) is 24.6. The lowest BCUT2D eigenvalue weighted by Gasteiger charge is -2.48. The van der Waals surface area contributed by atoms with E-state index in [1.807, 2.05) is 0 Å². The topological polar surface area (TPSA) is 12.5 Å². The Bertz CT molecular complexity index is 3640. The van der Waals surface area contributed by atoms with Crippen molar-refractivity contribution in [2.45, 2.75) is 99.0 Å². The number of nitrogens with zero attached hydrogens (tertiary/aromatic N) is 1. The van der Waals surface area contributed by atoms with Crippen molar-refractivity contribution < 1.29 is 4.74 Å². The SMILES string of the molecule is CC(C)(C)c1ccc2c(c1)C1(c3cc(C(C)(C)C)ccc3O2)c2ccccc2-c2ccc(N(c3ccc4c(c3)C3(c5ccccc5SC5CCC=CC53)c3ccccc3-4)c3ccccc3C3=CC=CCC3)cc21. The fourth-order valence-corrected chi connectivity index (χ4v) is 15.4. The van der Waals surface area contributed by atoms with Gasteiger partial charge in [-0.15, -0.1) is 11.8 Å². The summed E-state index contributed by atoms with van der Waals surface area (Å²) in [6.45, 7) is 14.0. The van der Waals surface area contributed by atoms with Gasteiger partial charge in [0.15, 0.2) is 0 Å². The van der Waals surface area contributed by atoms with Crippen LogP contribution in [0.5, 0.6) is 11.5 Å². The van der Waals surface area contributed by atoms with Crippen molar-refractivity contribution in [3.05, 3.63) is 256 Å². The van der Waals surface area contributed by atoms with Crippen LogP contribution < -0.4 is 9.64 Å². The molecule has 2 heterocycles. The Hall–Kier alpha value is -7.07. The van der Waals surface area contributed by atoms with E-state index in [1.54, 1.807) is 0 Å². The molecule has 3 heteroatoms. The van der Waals surface area contributed by atoms with E-state index < -0.39 is 5.41 Å². The maximum atomic E-state index is 7.09. The number of ether oxygens (including phenoxy) is 1. The van der Waals surface area contributed by atoms with E-state index in [0.29, 0.717) is 11.2 Å². The number of fused-ring (bicyclic) bond motifs is 18. The Morgan fingerprint density at radius 1 is 0.507 bits per heavy atom. The molecule has 0 saturated carbocycles. The van der Waals surface area contributed by atoms with Gasteiger partial charge in [0.1, 0.15) is 11.5 Å². The highest BCUT2D eigenvalue weighted by atomic mass is 32.2. The minimum Gasteiger partial charge on any atom is -0.457 e. The summed E-state index contributed by atoms with van der Waals surface area (Å²) < 4.78 is 7.09. The molecule has 0 N–H and O–H groups in total. The van der Waals surface area contributed by atoms with Gasteiger partial charge < -0.3 is 9.64 Å². The van der Waals surface area contributed by atoms with Crippen LogP contribution >= 0.6 is 11.8 Å². The van der Waals surface area contributed by atoms with Gasteiger partial charge in [0.2, 0.25) is 0 Å². The van der Waals surface area contributed by atoms with E-state index in [1.165, 1.54) is 106 Å². The zero-order chi connectivity index (χ0) is 49.4. The quantitative estimate of drug-likeness (QED) is 0.163. The normalized spacial score (nSPS) is 20.2. The van der Waals surface area contributed by atoms with Crippen LogP contribution in [0.15, 0.2) is 205 Å². The molecule has 0 amide bonds. The van der Waals surface area contributed by atoms with Crippen molar-refractivity contribution in [1.82, 2.24) is 0 Å². The lowest BCUT2D eigenvalue weighted by atomic mass is 9.61. The number of hydrogen-bond acceptors (Lipinski definition) is 3. The largest absolute Gasteiger partial charge is 0.457 e. The number of benzene rings is 8. The second-order valence-electron chi connectivity index (χ2n) is 23.3. The molecule has 0 aromatic heterocycles. The summed E-state index contributed by atoms with van der Waals surface area (Å²) in [5.74, 6) is 2.14. The fourth-order valence-electron chi connectivity index (χ4n) is 13.9. The molecule has 73 heavy (non-hydrogen) atoms. The molecule has 14 rings (SSSR count). The molecule has 8 aromatic rings. The van der Waals surface area contributed by atoms with E-state index in [0.717, 1.165) is 36.4 Å². The second kappa shape index (κ2) is 16.2. The van der Waals surface area contributed by atoms with Crippen molar-refractivity contribution in [2.24, 2.45) is 5.92 Å². The average molecular weight is 964 g/mol. The third-order valence-corrected chi connectivity index (χ3v) is 18.7. The Morgan fingerprint density at radius 3 is 1.75 bits per heavy atom. The number of thioether (sulfide) groups is 1. The zero-order valence-corrected chi connectivity index (χ0v) is 43.6. The van der Waals surface area contributed by atoms with Gasteiger partial charge in [0.05, 0.1) is 16.5 Å². The van der Waals surface area contributed by atoms with Gasteiger partial charge in [-0.1, -0.05) is 181 Å². The fraction of sp³-hybridized carbons (Fsp3) is 0.229. The minimum absolute atomic E-state index is 0.0778. The number of allylic oxidation sites excluding steroid dienone is 6. The molecule has 0 saturated heterocycles. The highest BCUT2D eigenvalue weighted by Crippen LogP contribution is 2.66. The first kappa shape index (κ1) is 44.6. The first-order valence-corrected chi connectivity index (χ1v) is 27.5. The van der Waals surface area contributed by atoms with E-state index in [4.69, 9.17) is 4.74 Å². The summed E-state index contributed by atoms with van der Waals surface area (Å²) in [6.07, 6.45) is 16.3. The van der Waals surface area contributed by atoms with Gasteiger partial charge in [-0.05, 0) is 164 Å². The number of anilines is 3. The molecular weight excluding hydrogens is 903 g/mol. The predicted molar refractivity (Wildman–Crippen MR) is 306 cm³/mol. The number of hydrogen-bond donors (Lipinski definition) is 0. The molecule has 4 aliphatic carbocycles. The lowest BCUT2D eigenvalue weighted by molar-refractivity contribution is 0.402. The molecule has 0 radical (unpaired) electrons. The Kier molecular flexibility index (Phi) is 9.91. The predicted octanol–water partition coefficient (Wildman–Crippen LogP) is 18.7. The van der Waals surface area contributed by atoms with Crippen LogP contribution in [0.1, 0.15) is 123 Å². The molecule has 2 nitrogen and oxygen atoms in total. The van der Waals surface area contributed by atoms with E-state index in [-0.39, 0.29) is 16.2 Å². The Morgan fingerprint density at radius 2 is 1.08 bits per heavy atom. The van der Waals surface area contributed by atoms with Crippen molar-refractivity contribution in [3.63, 3.8) is 0 Å². The smallest absolute Gasteiger partial charge is 0.132 e. The van der Waals surface area contributed by atoms with E-state index in [2.05, 4.69) is 258 Å². The van der Waals surface area contributed by atoms with Crippen molar-refractivity contribution in [1.29, 1.82) is 0 Å². The number of rotatable bonds is 4. The maximum Gasteiger partial charge on any atom is 0.132 e. The molecule has 2 aliphatic heterocycles. The summed E-state index contributed by atoms with van der Waals surface area (Å²) in [4.78, 5) is 4.02. The van der Waals surface area contributed by atoms with Gasteiger partial charge >= 0.3 is 0 Å². The summed E-state index contributed by atoms with van der Waals surface area (Å²) in [5, 5.41) is 0.475. The van der Waals surface area contributed by atoms with Gasteiger partial charge in [0.25, 0.3) is 0 Å². The van der Waals surface area contributed by atoms with Crippen LogP contribution in [-0.2, 0) is 21.7 Å². The van der Waals surface area contributed by atoms with Crippen molar-refractivity contribution >= 4 is 34.4 Å². The van der Waals surface area contributed by atoms with Crippen LogP contribution in [0.3, 0.4) is 0 Å². The maximum absolute atomic E-state index is 7.09. The van der Waals surface area contributed by atoms with Crippen LogP contribution in [0.4, 0.5) is 17.1 Å². The Labute approximate surface area is 436 Å². The first-order valence-electron chi connectivity index (χ1n) is 26.6. The minimum atomic E-state index is -0.662. The van der Waals surface area contributed by atoms with Gasteiger partial charge in [-0.3, -0.25) is 0 Å². The van der Waals surface area contributed by atoms with Gasteiger partial charge in [-0.2, -0.15) is 0 Å². The monoisotopic (exact) mass is 963 g/mol. The summed E-state index contributed by atoms with van der Waals surface area (Å²) >= 11 is 2.10. The average Bonchev–Trinajstić information content (AvgIpc) is 3.86. The molecule has 3 atom stereocenters. The lowest BCUT2D eigenvalue weighted by Crippen LogP contribution is -2.44. The van der Waals surface area contributed by atoms with E-state index >= 15 is 0 Å². The molecule has 2 spiro atoms. The highest BCUT2D eigenvalue weighted by molar-refractivity contribution is 8.00. The van der Waals surface area contributed by atoms with Gasteiger partial charge in [0, 0.05) is 44.1 Å². The molecule has 0 fully saturated rings. The van der Waals surface area contributed by atoms with Crippen molar-refractivity contribution in [2.75, 3.05) is 4.90 Å². The summed E-state index contributed by atoms with van der Waals surface area (Å²) in [7, 11) is 0. The highest BCUT2D eigenvalue weighted by Gasteiger charge is 2.56. The molecule has 6 aliphatic rings. The third-order valence-electron chi connectivity index (χ3n) is 17.3. The van der Waals surface area contributed by atoms with Crippen LogP contribution in [0.25, 0.3) is 27.8 Å². The molecule has 3 unspecified atom stereocenters. The van der Waals surface area contributed by atoms with Crippen LogP contribution in [0.2, 0.25) is 0 Å². The summed E-state index contributed by atoms with van der Waals surface area (Å²) in [6, 6.07) is 65.9. The third kappa shape index (κ3) is 6.43. The zero-order valence-electron chi connectivity index (χ0n) is 42.8. The number of para-hydroxylation sites is 1. The Balaban J connectivity index is 1.07. The molecule has 0 bridgehead atoms.